The molecule has 0 amide bonds. The van der Waals surface area contributed by atoms with Gasteiger partial charge in [0.1, 0.15) is 11.2 Å². The molecule has 13 rings (SSSR count). The first kappa shape index (κ1) is 35.4. The van der Waals surface area contributed by atoms with Gasteiger partial charge in [0.05, 0.1) is 16.7 Å². The Hall–Kier alpha value is -8.40. The van der Waals surface area contributed by atoms with Crippen molar-refractivity contribution in [2.75, 3.05) is 4.90 Å². The predicted molar refractivity (Wildman–Crippen MR) is 266 cm³/mol. The molecule has 3 nitrogen and oxygen atoms in total. The lowest BCUT2D eigenvalue weighted by molar-refractivity contribution is 0.669. The third-order valence-corrected chi connectivity index (χ3v) is 12.9. The van der Waals surface area contributed by atoms with Gasteiger partial charge in [0.15, 0.2) is 0 Å². The standard InChI is InChI=1S/C60H38N2O/c1-2-14-39(15-3-1)40-28-31-44(32-29-40)61(45-33-34-51-50-22-9-11-27-57(50)63-58(51)38-45)56-37-46(36-43-17-5-7-21-48(43)56)62-54-26-10-8-23-53(54)60-55(62)35-30-42-19-13-25-52(59(42)60)49-24-12-18-41-16-4-6-20-47(41)49/h1-38H. The minimum atomic E-state index is 0.858. The number of furan rings is 1. The minimum absolute atomic E-state index is 0.858. The number of aromatic nitrogens is 1. The van der Waals surface area contributed by atoms with Crippen molar-refractivity contribution in [2.24, 2.45) is 0 Å². The second-order valence-corrected chi connectivity index (χ2v) is 16.5. The summed E-state index contributed by atoms with van der Waals surface area (Å²) < 4.78 is 9.00. The Balaban J connectivity index is 1.08. The average Bonchev–Trinajstić information content (AvgIpc) is 3.90. The van der Waals surface area contributed by atoms with E-state index in [0.29, 0.717) is 0 Å². The van der Waals surface area contributed by atoms with Crippen LogP contribution in [0.5, 0.6) is 0 Å². The summed E-state index contributed by atoms with van der Waals surface area (Å²) in [7, 11) is 0. The Labute approximate surface area is 363 Å². The summed E-state index contributed by atoms with van der Waals surface area (Å²) in [6, 6.07) is 83.6. The van der Waals surface area contributed by atoms with Gasteiger partial charge in [-0.3, -0.25) is 0 Å². The van der Waals surface area contributed by atoms with Crippen LogP contribution >= 0.6 is 0 Å². The summed E-state index contributed by atoms with van der Waals surface area (Å²) in [5.74, 6) is 0. The van der Waals surface area contributed by atoms with Crippen LogP contribution in [0.25, 0.3) is 104 Å². The summed E-state index contributed by atoms with van der Waals surface area (Å²) in [5, 5.41) is 12.0. The highest BCUT2D eigenvalue weighted by Crippen LogP contribution is 2.46. The monoisotopic (exact) mass is 802 g/mol. The molecule has 0 bridgehead atoms. The van der Waals surface area contributed by atoms with E-state index in [0.717, 1.165) is 61.0 Å². The largest absolute Gasteiger partial charge is 0.456 e. The first-order valence-electron chi connectivity index (χ1n) is 21.6. The molecule has 3 heteroatoms. The van der Waals surface area contributed by atoms with E-state index in [-0.39, 0.29) is 0 Å². The molecule has 0 aliphatic heterocycles. The zero-order valence-electron chi connectivity index (χ0n) is 34.2. The highest BCUT2D eigenvalue weighted by atomic mass is 16.3. The number of fused-ring (bicyclic) bond motifs is 10. The molecule has 0 aliphatic rings. The van der Waals surface area contributed by atoms with Crippen molar-refractivity contribution < 1.29 is 4.42 Å². The van der Waals surface area contributed by atoms with E-state index in [2.05, 4.69) is 228 Å². The maximum atomic E-state index is 6.53. The van der Waals surface area contributed by atoms with E-state index >= 15 is 0 Å². The van der Waals surface area contributed by atoms with Crippen molar-refractivity contribution in [3.8, 4) is 27.9 Å². The fourth-order valence-electron chi connectivity index (χ4n) is 10.1. The van der Waals surface area contributed by atoms with Crippen molar-refractivity contribution in [3.05, 3.63) is 231 Å². The van der Waals surface area contributed by atoms with Gasteiger partial charge in [0.25, 0.3) is 0 Å². The third kappa shape index (κ3) is 5.60. The SMILES string of the molecule is c1ccc(-c2ccc(N(c3ccc4c(c3)oc3ccccc34)c3cc(-n4c5ccccc5c5c6c(-c7cccc8ccccc78)cccc6ccc54)cc4ccccc34)cc2)cc1. The van der Waals surface area contributed by atoms with Gasteiger partial charge in [-0.25, -0.2) is 0 Å². The van der Waals surface area contributed by atoms with Crippen molar-refractivity contribution in [2.45, 2.75) is 0 Å². The molecule has 0 atom stereocenters. The molecule has 0 saturated carbocycles. The fraction of sp³-hybridized carbons (Fsp3) is 0. The predicted octanol–water partition coefficient (Wildman–Crippen LogP) is 16.9. The third-order valence-electron chi connectivity index (χ3n) is 12.9. The number of hydrogen-bond donors (Lipinski definition) is 0. The average molecular weight is 803 g/mol. The van der Waals surface area contributed by atoms with Gasteiger partial charge in [-0.1, -0.05) is 170 Å². The van der Waals surface area contributed by atoms with Crippen LogP contribution < -0.4 is 4.90 Å². The molecule has 0 radical (unpaired) electrons. The molecule has 13 aromatic rings. The lowest BCUT2D eigenvalue weighted by Crippen LogP contribution is -2.11. The molecule has 294 valence electrons. The Kier molecular flexibility index (Phi) is 7.91. The van der Waals surface area contributed by atoms with E-state index in [1.165, 1.54) is 60.1 Å². The second kappa shape index (κ2) is 14.1. The maximum absolute atomic E-state index is 6.53. The molecule has 63 heavy (non-hydrogen) atoms. The lowest BCUT2D eigenvalue weighted by atomic mass is 9.92. The number of para-hydroxylation sites is 2. The number of nitrogens with zero attached hydrogens (tertiary/aromatic N) is 2. The molecule has 0 saturated heterocycles. The summed E-state index contributed by atoms with van der Waals surface area (Å²) in [5.41, 5.74) is 13.2. The van der Waals surface area contributed by atoms with Crippen LogP contribution in [0.3, 0.4) is 0 Å². The summed E-state index contributed by atoms with van der Waals surface area (Å²) >= 11 is 0. The molecular formula is C60H38N2O. The van der Waals surface area contributed by atoms with Crippen LogP contribution in [0.4, 0.5) is 17.1 Å². The lowest BCUT2D eigenvalue weighted by Gasteiger charge is -2.28. The van der Waals surface area contributed by atoms with Crippen LogP contribution in [-0.2, 0) is 0 Å². The second-order valence-electron chi connectivity index (χ2n) is 16.5. The quantitative estimate of drug-likeness (QED) is 0.167. The van der Waals surface area contributed by atoms with E-state index in [1.54, 1.807) is 0 Å². The van der Waals surface area contributed by atoms with E-state index in [4.69, 9.17) is 4.42 Å². The number of anilines is 3. The molecule has 11 aromatic carbocycles. The van der Waals surface area contributed by atoms with Gasteiger partial charge in [-0.2, -0.15) is 0 Å². The number of rotatable bonds is 6. The van der Waals surface area contributed by atoms with Gasteiger partial charge >= 0.3 is 0 Å². The summed E-state index contributed by atoms with van der Waals surface area (Å²) in [6.07, 6.45) is 0. The molecule has 0 unspecified atom stereocenters. The Morgan fingerprint density at radius 3 is 1.83 bits per heavy atom. The van der Waals surface area contributed by atoms with Crippen LogP contribution in [0, 0.1) is 0 Å². The Morgan fingerprint density at radius 2 is 0.968 bits per heavy atom. The van der Waals surface area contributed by atoms with Gasteiger partial charge in [-0.05, 0) is 104 Å². The van der Waals surface area contributed by atoms with Gasteiger partial charge < -0.3 is 13.9 Å². The number of benzene rings is 11. The van der Waals surface area contributed by atoms with Crippen LogP contribution in [0.2, 0.25) is 0 Å². The zero-order chi connectivity index (χ0) is 41.4. The van der Waals surface area contributed by atoms with E-state index in [9.17, 15) is 0 Å². The highest BCUT2D eigenvalue weighted by Gasteiger charge is 2.22. The van der Waals surface area contributed by atoms with E-state index in [1.807, 2.05) is 12.1 Å². The first-order valence-corrected chi connectivity index (χ1v) is 21.6. The van der Waals surface area contributed by atoms with Crippen molar-refractivity contribution in [3.63, 3.8) is 0 Å². The Morgan fingerprint density at radius 1 is 0.333 bits per heavy atom. The van der Waals surface area contributed by atoms with Gasteiger partial charge in [-0.15, -0.1) is 0 Å². The maximum Gasteiger partial charge on any atom is 0.137 e. The fourth-order valence-corrected chi connectivity index (χ4v) is 10.1. The molecular weight excluding hydrogens is 765 g/mol. The Bertz CT molecular complexity index is 3910. The summed E-state index contributed by atoms with van der Waals surface area (Å²) in [6.45, 7) is 0. The van der Waals surface area contributed by atoms with E-state index < -0.39 is 0 Å². The summed E-state index contributed by atoms with van der Waals surface area (Å²) in [4.78, 5) is 2.40. The van der Waals surface area contributed by atoms with Crippen molar-refractivity contribution in [1.29, 1.82) is 0 Å². The van der Waals surface area contributed by atoms with Crippen molar-refractivity contribution in [1.82, 2.24) is 4.57 Å². The smallest absolute Gasteiger partial charge is 0.137 e. The minimum Gasteiger partial charge on any atom is -0.456 e. The van der Waals surface area contributed by atoms with Gasteiger partial charge in [0.2, 0.25) is 0 Å². The molecule has 2 aromatic heterocycles. The normalized spacial score (nSPS) is 11.8. The van der Waals surface area contributed by atoms with Gasteiger partial charge in [0, 0.05) is 50.1 Å². The van der Waals surface area contributed by atoms with Crippen LogP contribution in [0.15, 0.2) is 235 Å². The number of hydrogen-bond acceptors (Lipinski definition) is 2. The molecule has 0 spiro atoms. The highest BCUT2D eigenvalue weighted by molar-refractivity contribution is 6.26. The topological polar surface area (TPSA) is 21.3 Å². The molecule has 0 fully saturated rings. The zero-order valence-corrected chi connectivity index (χ0v) is 34.2. The molecule has 0 N–H and O–H groups in total. The van der Waals surface area contributed by atoms with Crippen molar-refractivity contribution >= 4 is 93.1 Å². The van der Waals surface area contributed by atoms with Crippen LogP contribution in [-0.4, -0.2) is 4.57 Å². The molecule has 2 heterocycles. The molecule has 0 aliphatic carbocycles. The first-order chi connectivity index (χ1) is 31.2. The van der Waals surface area contributed by atoms with Crippen LogP contribution in [0.1, 0.15) is 0 Å².